The number of hydrogen-bond acceptors (Lipinski definition) is 8. The predicted molar refractivity (Wildman–Crippen MR) is 146 cm³/mol. The molecule has 1 atom stereocenters. The van der Waals surface area contributed by atoms with Crippen molar-refractivity contribution in [3.05, 3.63) is 88.3 Å². The number of ether oxygens (including phenoxy) is 5. The smallest absolute Gasteiger partial charge is 0.349 e. The van der Waals surface area contributed by atoms with Crippen molar-refractivity contribution in [2.45, 2.75) is 40.0 Å². The van der Waals surface area contributed by atoms with Crippen molar-refractivity contribution in [1.29, 1.82) is 5.26 Å². The Hall–Kier alpha value is -4.64. The van der Waals surface area contributed by atoms with E-state index < -0.39 is 11.9 Å². The van der Waals surface area contributed by atoms with E-state index in [1.807, 2.05) is 64.1 Å². The molecule has 1 aliphatic rings. The van der Waals surface area contributed by atoms with Crippen LogP contribution < -0.4 is 29.4 Å². The number of nitrogens with two attached hydrogens (primary N) is 1. The number of fused-ring (bicyclic) bond motifs is 1. The number of nitriles is 1. The van der Waals surface area contributed by atoms with E-state index in [2.05, 4.69) is 6.07 Å². The molecule has 1 aliphatic heterocycles. The van der Waals surface area contributed by atoms with Gasteiger partial charge in [0.1, 0.15) is 28.9 Å². The summed E-state index contributed by atoms with van der Waals surface area (Å²) in [6, 6.07) is 18.4. The zero-order chi connectivity index (χ0) is 27.9. The molecule has 0 amide bonds. The molecule has 4 rings (SSSR count). The number of carbonyl (C=O) groups excluding carboxylic acids is 1. The van der Waals surface area contributed by atoms with Gasteiger partial charge in [-0.25, -0.2) is 4.79 Å². The average Bonchev–Trinajstić information content (AvgIpc) is 2.92. The summed E-state index contributed by atoms with van der Waals surface area (Å²) in [6.45, 7) is 8.61. The summed E-state index contributed by atoms with van der Waals surface area (Å²) in [5.41, 5.74) is 9.97. The third-order valence-corrected chi connectivity index (χ3v) is 6.39. The zero-order valence-electron chi connectivity index (χ0n) is 22.6. The van der Waals surface area contributed by atoms with Crippen molar-refractivity contribution >= 4 is 5.97 Å². The lowest BCUT2D eigenvalue weighted by molar-refractivity contribution is -0.136. The highest BCUT2D eigenvalue weighted by Gasteiger charge is 2.32. The summed E-state index contributed by atoms with van der Waals surface area (Å²) < 4.78 is 28.6. The highest BCUT2D eigenvalue weighted by molar-refractivity contribution is 5.74. The van der Waals surface area contributed by atoms with Crippen molar-refractivity contribution < 1.29 is 28.5 Å². The molecule has 0 radical (unpaired) electrons. The van der Waals surface area contributed by atoms with Crippen LogP contribution in [0.2, 0.25) is 0 Å². The fraction of sp³-hybridized carbons (Fsp3) is 0.290. The van der Waals surface area contributed by atoms with Crippen LogP contribution in [0.1, 0.15) is 48.4 Å². The van der Waals surface area contributed by atoms with Gasteiger partial charge < -0.3 is 29.4 Å². The van der Waals surface area contributed by atoms with Crippen LogP contribution in [0.3, 0.4) is 0 Å². The standard InChI is InChI=1S/C31H32N2O6/c1-5-14-36-26-13-10-21(15-28(26)35-6-2)30-23-12-11-22(16-27(23)39-31(33)24(30)17-32)38-29(34)18-37-25-9-7-8-19(3)20(25)4/h7-13,15-16,30H,5-6,14,18,33H2,1-4H3. The SMILES string of the molecule is CCCOc1ccc(C2C(C#N)=C(N)Oc3cc(OC(=O)COc4cccc(C)c4C)ccc32)cc1OCC. The van der Waals surface area contributed by atoms with Gasteiger partial charge in [-0.15, -0.1) is 0 Å². The molecule has 0 aromatic heterocycles. The molecule has 0 aliphatic carbocycles. The van der Waals surface area contributed by atoms with Crippen LogP contribution >= 0.6 is 0 Å². The second kappa shape index (κ2) is 12.3. The van der Waals surface area contributed by atoms with Gasteiger partial charge in [-0.2, -0.15) is 5.26 Å². The molecule has 0 saturated carbocycles. The second-order valence-corrected chi connectivity index (χ2v) is 9.07. The number of benzene rings is 3. The molecule has 202 valence electrons. The molecule has 0 spiro atoms. The predicted octanol–water partition coefficient (Wildman–Crippen LogP) is 5.69. The van der Waals surface area contributed by atoms with E-state index in [1.165, 1.54) is 0 Å². The average molecular weight is 529 g/mol. The van der Waals surface area contributed by atoms with E-state index in [4.69, 9.17) is 29.4 Å². The number of rotatable bonds is 10. The third-order valence-electron chi connectivity index (χ3n) is 6.39. The van der Waals surface area contributed by atoms with Crippen molar-refractivity contribution in [3.63, 3.8) is 0 Å². The maximum absolute atomic E-state index is 12.5. The zero-order valence-corrected chi connectivity index (χ0v) is 22.6. The maximum atomic E-state index is 12.5. The quantitative estimate of drug-likeness (QED) is 0.264. The van der Waals surface area contributed by atoms with Gasteiger partial charge in [0, 0.05) is 11.6 Å². The Kier molecular flexibility index (Phi) is 8.62. The van der Waals surface area contributed by atoms with Gasteiger partial charge in [0.25, 0.3) is 0 Å². The normalized spacial score (nSPS) is 14.1. The van der Waals surface area contributed by atoms with E-state index in [1.54, 1.807) is 18.2 Å². The summed E-state index contributed by atoms with van der Waals surface area (Å²) in [6.07, 6.45) is 0.864. The molecule has 2 N–H and O–H groups in total. The third kappa shape index (κ3) is 6.10. The lowest BCUT2D eigenvalue weighted by atomic mass is 9.83. The molecular weight excluding hydrogens is 496 g/mol. The monoisotopic (exact) mass is 528 g/mol. The van der Waals surface area contributed by atoms with Gasteiger partial charge in [-0.3, -0.25) is 0 Å². The van der Waals surface area contributed by atoms with E-state index in [-0.39, 0.29) is 23.8 Å². The van der Waals surface area contributed by atoms with Gasteiger partial charge in [-0.05, 0) is 68.1 Å². The van der Waals surface area contributed by atoms with Gasteiger partial charge in [-0.1, -0.05) is 31.2 Å². The Morgan fingerprint density at radius 2 is 1.82 bits per heavy atom. The summed E-state index contributed by atoms with van der Waals surface area (Å²) in [5.74, 6) is 1.43. The molecule has 3 aromatic rings. The van der Waals surface area contributed by atoms with Crippen molar-refractivity contribution in [3.8, 4) is 34.8 Å². The number of esters is 1. The summed E-state index contributed by atoms with van der Waals surface area (Å²) in [5, 5.41) is 9.92. The van der Waals surface area contributed by atoms with Crippen LogP contribution in [0.4, 0.5) is 0 Å². The van der Waals surface area contributed by atoms with E-state index in [0.29, 0.717) is 41.8 Å². The van der Waals surface area contributed by atoms with Crippen LogP contribution in [0.25, 0.3) is 0 Å². The summed E-state index contributed by atoms with van der Waals surface area (Å²) >= 11 is 0. The molecular formula is C31H32N2O6. The number of aryl methyl sites for hydroxylation is 1. The Morgan fingerprint density at radius 1 is 1.00 bits per heavy atom. The van der Waals surface area contributed by atoms with Crippen LogP contribution in [0, 0.1) is 25.2 Å². The molecule has 0 bridgehead atoms. The summed E-state index contributed by atoms with van der Waals surface area (Å²) in [7, 11) is 0. The molecule has 0 saturated heterocycles. The Labute approximate surface area is 228 Å². The molecule has 1 unspecified atom stereocenters. The fourth-order valence-corrected chi connectivity index (χ4v) is 4.32. The molecule has 39 heavy (non-hydrogen) atoms. The van der Waals surface area contributed by atoms with Crippen LogP contribution in [0.5, 0.6) is 28.7 Å². The first-order chi connectivity index (χ1) is 18.9. The number of allylic oxidation sites excluding steroid dienone is 1. The molecule has 0 fully saturated rings. The van der Waals surface area contributed by atoms with Gasteiger partial charge in [0.2, 0.25) is 5.88 Å². The first-order valence-electron chi connectivity index (χ1n) is 12.9. The van der Waals surface area contributed by atoms with Crippen LogP contribution in [-0.2, 0) is 4.79 Å². The van der Waals surface area contributed by atoms with Gasteiger partial charge >= 0.3 is 5.97 Å². The summed E-state index contributed by atoms with van der Waals surface area (Å²) in [4.78, 5) is 12.5. The van der Waals surface area contributed by atoms with Crippen LogP contribution in [0.15, 0.2) is 66.1 Å². The van der Waals surface area contributed by atoms with E-state index in [0.717, 1.165) is 23.1 Å². The molecule has 3 aromatic carbocycles. The lowest BCUT2D eigenvalue weighted by Crippen LogP contribution is -2.22. The minimum absolute atomic E-state index is 0.0130. The van der Waals surface area contributed by atoms with Gasteiger partial charge in [0.15, 0.2) is 18.1 Å². The topological polar surface area (TPSA) is 113 Å². The molecule has 8 nitrogen and oxygen atoms in total. The lowest BCUT2D eigenvalue weighted by Gasteiger charge is -2.27. The minimum atomic E-state index is -0.562. The van der Waals surface area contributed by atoms with E-state index in [9.17, 15) is 10.1 Å². The molecule has 1 heterocycles. The molecule has 8 heteroatoms. The minimum Gasteiger partial charge on any atom is -0.490 e. The van der Waals surface area contributed by atoms with Crippen molar-refractivity contribution in [1.82, 2.24) is 0 Å². The van der Waals surface area contributed by atoms with Gasteiger partial charge in [0.05, 0.1) is 19.1 Å². The largest absolute Gasteiger partial charge is 0.490 e. The number of carbonyl (C=O) groups is 1. The van der Waals surface area contributed by atoms with Crippen molar-refractivity contribution in [2.75, 3.05) is 19.8 Å². The second-order valence-electron chi connectivity index (χ2n) is 9.07. The first-order valence-corrected chi connectivity index (χ1v) is 12.9. The van der Waals surface area contributed by atoms with Crippen LogP contribution in [-0.4, -0.2) is 25.8 Å². The highest BCUT2D eigenvalue weighted by atomic mass is 16.6. The number of hydrogen-bond donors (Lipinski definition) is 1. The number of nitrogens with zero attached hydrogens (tertiary/aromatic N) is 1. The Morgan fingerprint density at radius 3 is 2.56 bits per heavy atom. The fourth-order valence-electron chi connectivity index (χ4n) is 4.32. The Bertz CT molecular complexity index is 1440. The first kappa shape index (κ1) is 27.4. The Balaban J connectivity index is 1.58. The van der Waals surface area contributed by atoms with E-state index >= 15 is 0 Å². The van der Waals surface area contributed by atoms with Crippen molar-refractivity contribution in [2.24, 2.45) is 5.73 Å². The highest BCUT2D eigenvalue weighted by Crippen LogP contribution is 2.45. The maximum Gasteiger partial charge on any atom is 0.349 e.